The lowest BCUT2D eigenvalue weighted by molar-refractivity contribution is -0.140. The van der Waals surface area contributed by atoms with Crippen molar-refractivity contribution in [3.05, 3.63) is 41.4 Å². The van der Waals surface area contributed by atoms with Crippen molar-refractivity contribution in [2.45, 2.75) is 12.8 Å². The zero-order valence-corrected chi connectivity index (χ0v) is 14.9. The standard InChI is InChI=1S/C19H20ClN3O3/c20-13-5-7-14(8-6-13)22-19(26)21-9-10-23-17(24)15-11-1-2-12(4-3-11)16(15)18(23)25/h1-2,5-8,11-12,15-16H,3-4,9-10H2,(H2,21,22,26). The molecule has 3 aliphatic carbocycles. The fourth-order valence-corrected chi connectivity index (χ4v) is 4.47. The number of anilines is 1. The fraction of sp³-hybridized carbons (Fsp3) is 0.421. The molecule has 5 rings (SSSR count). The summed E-state index contributed by atoms with van der Waals surface area (Å²) in [6.45, 7) is 0.428. The van der Waals surface area contributed by atoms with Crippen LogP contribution in [-0.2, 0) is 9.59 Å². The second-order valence-corrected chi connectivity index (χ2v) is 7.49. The summed E-state index contributed by atoms with van der Waals surface area (Å²) in [4.78, 5) is 38.6. The molecular formula is C19H20ClN3O3. The zero-order chi connectivity index (χ0) is 18.3. The van der Waals surface area contributed by atoms with Gasteiger partial charge in [0.15, 0.2) is 0 Å². The minimum atomic E-state index is -0.384. The number of hydrogen-bond acceptors (Lipinski definition) is 3. The van der Waals surface area contributed by atoms with Crippen molar-refractivity contribution in [3.63, 3.8) is 0 Å². The second-order valence-electron chi connectivity index (χ2n) is 7.06. The Morgan fingerprint density at radius 3 is 2.15 bits per heavy atom. The average Bonchev–Trinajstić information content (AvgIpc) is 2.92. The lowest BCUT2D eigenvalue weighted by Gasteiger charge is -2.38. The number of carbonyl (C=O) groups is 3. The fourth-order valence-electron chi connectivity index (χ4n) is 4.35. The molecule has 4 atom stereocenters. The first kappa shape index (κ1) is 17.1. The Kier molecular flexibility index (Phi) is 4.44. The molecular weight excluding hydrogens is 354 g/mol. The van der Waals surface area contributed by atoms with Crippen LogP contribution in [-0.4, -0.2) is 35.8 Å². The van der Waals surface area contributed by atoms with Crippen LogP contribution in [0.25, 0.3) is 0 Å². The third kappa shape index (κ3) is 2.98. The molecule has 136 valence electrons. The first-order valence-electron chi connectivity index (χ1n) is 8.88. The van der Waals surface area contributed by atoms with Gasteiger partial charge in [0, 0.05) is 23.8 Å². The molecule has 7 heteroatoms. The number of urea groups is 1. The Morgan fingerprint density at radius 1 is 1.04 bits per heavy atom. The molecule has 0 spiro atoms. The molecule has 4 unspecified atom stereocenters. The van der Waals surface area contributed by atoms with Crippen LogP contribution in [0.3, 0.4) is 0 Å². The van der Waals surface area contributed by atoms with E-state index >= 15 is 0 Å². The number of hydrogen-bond donors (Lipinski definition) is 2. The van der Waals surface area contributed by atoms with E-state index in [0.717, 1.165) is 12.8 Å². The van der Waals surface area contributed by atoms with Crippen molar-refractivity contribution >= 4 is 35.1 Å². The smallest absolute Gasteiger partial charge is 0.319 e. The zero-order valence-electron chi connectivity index (χ0n) is 14.2. The highest BCUT2D eigenvalue weighted by Gasteiger charge is 2.56. The van der Waals surface area contributed by atoms with Crippen molar-refractivity contribution in [3.8, 4) is 0 Å². The highest BCUT2D eigenvalue weighted by atomic mass is 35.5. The summed E-state index contributed by atoms with van der Waals surface area (Å²) in [6, 6.07) is 6.38. The minimum absolute atomic E-state index is 0.0843. The van der Waals surface area contributed by atoms with Gasteiger partial charge < -0.3 is 10.6 Å². The Labute approximate surface area is 156 Å². The summed E-state index contributed by atoms with van der Waals surface area (Å²) < 4.78 is 0. The van der Waals surface area contributed by atoms with Crippen LogP contribution >= 0.6 is 11.6 Å². The van der Waals surface area contributed by atoms with Crippen molar-refractivity contribution in [1.82, 2.24) is 10.2 Å². The van der Waals surface area contributed by atoms with E-state index in [1.54, 1.807) is 24.3 Å². The van der Waals surface area contributed by atoms with Crippen LogP contribution in [0.15, 0.2) is 36.4 Å². The normalized spacial score (nSPS) is 29.0. The summed E-state index contributed by atoms with van der Waals surface area (Å²) in [6.07, 6.45) is 6.16. The van der Waals surface area contributed by atoms with Crippen LogP contribution < -0.4 is 10.6 Å². The number of rotatable bonds is 4. The lowest BCUT2D eigenvalue weighted by Crippen LogP contribution is -2.40. The molecule has 1 aromatic rings. The van der Waals surface area contributed by atoms with E-state index in [1.165, 1.54) is 4.90 Å². The molecule has 4 amide bonds. The Bertz CT molecular complexity index is 745. The second kappa shape index (κ2) is 6.76. The van der Waals surface area contributed by atoms with E-state index in [1.807, 2.05) is 0 Å². The topological polar surface area (TPSA) is 78.5 Å². The van der Waals surface area contributed by atoms with Crippen molar-refractivity contribution < 1.29 is 14.4 Å². The van der Waals surface area contributed by atoms with Gasteiger partial charge in [0.1, 0.15) is 0 Å². The first-order valence-corrected chi connectivity index (χ1v) is 9.26. The summed E-state index contributed by atoms with van der Waals surface area (Å²) >= 11 is 5.81. The number of halogens is 1. The van der Waals surface area contributed by atoms with E-state index in [9.17, 15) is 14.4 Å². The Hall–Kier alpha value is -2.34. The highest BCUT2D eigenvalue weighted by molar-refractivity contribution is 6.30. The molecule has 2 fully saturated rings. The lowest BCUT2D eigenvalue weighted by atomic mass is 9.63. The van der Waals surface area contributed by atoms with Gasteiger partial charge in [-0.25, -0.2) is 4.79 Å². The van der Waals surface area contributed by atoms with Crippen LogP contribution in [0.5, 0.6) is 0 Å². The minimum Gasteiger partial charge on any atom is -0.336 e. The third-order valence-electron chi connectivity index (χ3n) is 5.57. The molecule has 0 radical (unpaired) electrons. The maximum atomic E-state index is 12.7. The molecule has 1 aliphatic heterocycles. The number of allylic oxidation sites excluding steroid dienone is 2. The number of imide groups is 1. The van der Waals surface area contributed by atoms with Gasteiger partial charge in [-0.15, -0.1) is 0 Å². The van der Waals surface area contributed by atoms with Gasteiger partial charge >= 0.3 is 6.03 Å². The number of benzene rings is 1. The number of nitrogens with one attached hydrogen (secondary N) is 2. The van der Waals surface area contributed by atoms with Gasteiger partial charge in [0.2, 0.25) is 11.8 Å². The van der Waals surface area contributed by atoms with Crippen LogP contribution in [0.2, 0.25) is 5.02 Å². The number of nitrogens with zero attached hydrogens (tertiary/aromatic N) is 1. The molecule has 26 heavy (non-hydrogen) atoms. The molecule has 2 bridgehead atoms. The average molecular weight is 374 g/mol. The van der Waals surface area contributed by atoms with Crippen LogP contribution in [0, 0.1) is 23.7 Å². The van der Waals surface area contributed by atoms with E-state index < -0.39 is 0 Å². The van der Waals surface area contributed by atoms with Gasteiger partial charge in [0.05, 0.1) is 11.8 Å². The van der Waals surface area contributed by atoms with Crippen molar-refractivity contribution in [1.29, 1.82) is 0 Å². The molecule has 1 saturated carbocycles. The van der Waals surface area contributed by atoms with Gasteiger partial charge in [-0.2, -0.15) is 0 Å². The van der Waals surface area contributed by atoms with Gasteiger partial charge in [-0.1, -0.05) is 23.8 Å². The van der Waals surface area contributed by atoms with Gasteiger partial charge in [-0.05, 0) is 48.9 Å². The van der Waals surface area contributed by atoms with Crippen molar-refractivity contribution in [2.24, 2.45) is 23.7 Å². The van der Waals surface area contributed by atoms with Crippen LogP contribution in [0.1, 0.15) is 12.8 Å². The van der Waals surface area contributed by atoms with Gasteiger partial charge in [0.25, 0.3) is 0 Å². The number of likely N-dealkylation sites (tertiary alicyclic amines) is 1. The Balaban J connectivity index is 1.31. The summed E-state index contributed by atoms with van der Waals surface area (Å²) in [5.74, 6) is -0.193. The van der Waals surface area contributed by atoms with Crippen LogP contribution in [0.4, 0.5) is 10.5 Å². The molecule has 0 aromatic heterocycles. The summed E-state index contributed by atoms with van der Waals surface area (Å²) in [7, 11) is 0. The molecule has 2 N–H and O–H groups in total. The van der Waals surface area contributed by atoms with Gasteiger partial charge in [-0.3, -0.25) is 14.5 Å². The maximum absolute atomic E-state index is 12.7. The van der Waals surface area contributed by atoms with E-state index in [0.29, 0.717) is 10.7 Å². The molecule has 1 aromatic carbocycles. The first-order chi connectivity index (χ1) is 12.5. The Morgan fingerprint density at radius 2 is 1.62 bits per heavy atom. The molecule has 1 saturated heterocycles. The van der Waals surface area contributed by atoms with E-state index in [2.05, 4.69) is 22.8 Å². The third-order valence-corrected chi connectivity index (χ3v) is 5.83. The predicted molar refractivity (Wildman–Crippen MR) is 97.5 cm³/mol. The number of fused-ring (bicyclic) bond motifs is 1. The highest BCUT2D eigenvalue weighted by Crippen LogP contribution is 2.49. The monoisotopic (exact) mass is 373 g/mol. The molecule has 1 heterocycles. The molecule has 6 nitrogen and oxygen atoms in total. The van der Waals surface area contributed by atoms with Crippen molar-refractivity contribution in [2.75, 3.05) is 18.4 Å². The SMILES string of the molecule is O=C(NCCN1C(=O)C2C3C=CC(CC3)C2C1=O)Nc1ccc(Cl)cc1. The van der Waals surface area contributed by atoms with E-state index in [4.69, 9.17) is 11.6 Å². The number of carbonyl (C=O) groups excluding carboxylic acids is 3. The quantitative estimate of drug-likeness (QED) is 0.629. The summed E-state index contributed by atoms with van der Waals surface area (Å²) in [5.41, 5.74) is 0.619. The molecule has 4 aliphatic rings. The largest absolute Gasteiger partial charge is 0.336 e. The predicted octanol–water partition coefficient (Wildman–Crippen LogP) is 2.66. The van der Waals surface area contributed by atoms with E-state index in [-0.39, 0.29) is 54.6 Å². The maximum Gasteiger partial charge on any atom is 0.319 e. The summed E-state index contributed by atoms with van der Waals surface area (Å²) in [5, 5.41) is 5.96. The number of amides is 4.